The van der Waals surface area contributed by atoms with Crippen molar-refractivity contribution in [2.75, 3.05) is 0 Å². The second kappa shape index (κ2) is 6.95. The number of nitrogens with zero attached hydrogens (tertiary/aromatic N) is 4. The van der Waals surface area contributed by atoms with Gasteiger partial charge in [-0.2, -0.15) is 5.10 Å². The van der Waals surface area contributed by atoms with Crippen LogP contribution in [0, 0.1) is 6.92 Å². The van der Waals surface area contributed by atoms with Gasteiger partial charge in [-0.1, -0.05) is 30.3 Å². The highest BCUT2D eigenvalue weighted by Crippen LogP contribution is 2.19. The average molecular weight is 352 g/mol. The zero-order valence-corrected chi connectivity index (χ0v) is 14.9. The number of hydrogen-bond acceptors (Lipinski definition) is 4. The van der Waals surface area contributed by atoms with Crippen molar-refractivity contribution in [1.82, 2.24) is 19.7 Å². The predicted molar refractivity (Wildman–Crippen MR) is 96.7 cm³/mol. The summed E-state index contributed by atoms with van der Waals surface area (Å²) in [6, 6.07) is 10.1. The summed E-state index contributed by atoms with van der Waals surface area (Å²) in [6.07, 6.45) is 1.47. The molecule has 2 aromatic heterocycles. The molecule has 1 atom stereocenters. The highest BCUT2D eigenvalue weighted by molar-refractivity contribution is 5.99. The Bertz CT molecular complexity index is 966. The Morgan fingerprint density at radius 3 is 2.62 bits per heavy atom. The SMILES string of the molecule is Cc1nn(C)c2ncc(C(=O)N(Cc3ccccc3)C(C)C(=O)O)cc12. The molecule has 1 N–H and O–H groups in total. The van der Waals surface area contributed by atoms with Gasteiger partial charge < -0.3 is 10.0 Å². The zero-order chi connectivity index (χ0) is 18.8. The van der Waals surface area contributed by atoms with E-state index < -0.39 is 12.0 Å². The molecular formula is C19H20N4O3. The van der Waals surface area contributed by atoms with Crippen molar-refractivity contribution in [1.29, 1.82) is 0 Å². The number of hydrogen-bond donors (Lipinski definition) is 1. The molecule has 2 heterocycles. The number of carboxylic acids is 1. The van der Waals surface area contributed by atoms with E-state index in [1.807, 2.05) is 37.3 Å². The minimum absolute atomic E-state index is 0.206. The first kappa shape index (κ1) is 17.6. The predicted octanol–water partition coefficient (Wildman–Crippen LogP) is 2.39. The van der Waals surface area contributed by atoms with Gasteiger partial charge in [-0.25, -0.2) is 9.78 Å². The number of aliphatic carboxylic acids is 1. The van der Waals surface area contributed by atoms with Gasteiger partial charge in [-0.3, -0.25) is 9.48 Å². The van der Waals surface area contributed by atoms with Gasteiger partial charge in [0.1, 0.15) is 6.04 Å². The van der Waals surface area contributed by atoms with E-state index >= 15 is 0 Å². The van der Waals surface area contributed by atoms with Gasteiger partial charge in [-0.05, 0) is 25.5 Å². The van der Waals surface area contributed by atoms with E-state index in [2.05, 4.69) is 10.1 Å². The van der Waals surface area contributed by atoms with Gasteiger partial charge in [0.25, 0.3) is 5.91 Å². The summed E-state index contributed by atoms with van der Waals surface area (Å²) in [5, 5.41) is 14.5. The van der Waals surface area contributed by atoms with Crippen LogP contribution in [-0.4, -0.2) is 42.7 Å². The van der Waals surface area contributed by atoms with Crippen molar-refractivity contribution >= 4 is 22.9 Å². The lowest BCUT2D eigenvalue weighted by atomic mass is 10.1. The first-order valence-corrected chi connectivity index (χ1v) is 8.25. The standard InChI is InChI=1S/C19H20N4O3/c1-12-16-9-15(10-20-17(16)22(3)21-12)18(24)23(13(2)19(25)26)11-14-7-5-4-6-8-14/h4-10,13H,11H2,1-3H3,(H,25,26). The lowest BCUT2D eigenvalue weighted by molar-refractivity contribution is -0.141. The van der Waals surface area contributed by atoms with E-state index in [-0.39, 0.29) is 12.5 Å². The fraction of sp³-hybridized carbons (Fsp3) is 0.263. The number of carbonyl (C=O) groups is 2. The van der Waals surface area contributed by atoms with Gasteiger partial charge in [0.2, 0.25) is 0 Å². The number of rotatable bonds is 5. The number of benzene rings is 1. The molecule has 0 spiro atoms. The lowest BCUT2D eigenvalue weighted by Gasteiger charge is -2.26. The molecule has 0 bridgehead atoms. The molecule has 7 nitrogen and oxygen atoms in total. The van der Waals surface area contributed by atoms with E-state index in [4.69, 9.17) is 0 Å². The molecule has 3 aromatic rings. The molecule has 1 aromatic carbocycles. The van der Waals surface area contributed by atoms with Crippen LogP contribution in [-0.2, 0) is 18.4 Å². The highest BCUT2D eigenvalue weighted by atomic mass is 16.4. The van der Waals surface area contributed by atoms with Crippen LogP contribution in [0.15, 0.2) is 42.6 Å². The molecule has 0 aliphatic rings. The Hall–Kier alpha value is -3.22. The molecular weight excluding hydrogens is 332 g/mol. The maximum Gasteiger partial charge on any atom is 0.326 e. The zero-order valence-electron chi connectivity index (χ0n) is 14.9. The number of aromatic nitrogens is 3. The van der Waals surface area contributed by atoms with Gasteiger partial charge in [0, 0.05) is 25.2 Å². The number of carbonyl (C=O) groups excluding carboxylic acids is 1. The van der Waals surface area contributed by atoms with Gasteiger partial charge in [0.05, 0.1) is 11.3 Å². The molecule has 1 amide bonds. The molecule has 0 radical (unpaired) electrons. The fourth-order valence-electron chi connectivity index (χ4n) is 2.89. The van der Waals surface area contributed by atoms with Crippen molar-refractivity contribution in [3.8, 4) is 0 Å². The van der Waals surface area contributed by atoms with Crippen molar-refractivity contribution in [3.63, 3.8) is 0 Å². The molecule has 3 rings (SSSR count). The van der Waals surface area contributed by atoms with Crippen LogP contribution >= 0.6 is 0 Å². The summed E-state index contributed by atoms with van der Waals surface area (Å²) in [4.78, 5) is 30.2. The Labute approximate surface area is 150 Å². The largest absolute Gasteiger partial charge is 0.480 e. The molecule has 0 aliphatic heterocycles. The third-order valence-corrected chi connectivity index (χ3v) is 4.39. The fourth-order valence-corrected chi connectivity index (χ4v) is 2.89. The number of amides is 1. The van der Waals surface area contributed by atoms with Crippen LogP contribution in [0.25, 0.3) is 11.0 Å². The lowest BCUT2D eigenvalue weighted by Crippen LogP contribution is -2.42. The van der Waals surface area contributed by atoms with Crippen molar-refractivity contribution < 1.29 is 14.7 Å². The molecule has 7 heteroatoms. The maximum atomic E-state index is 13.1. The van der Waals surface area contributed by atoms with Gasteiger partial charge >= 0.3 is 5.97 Å². The van der Waals surface area contributed by atoms with E-state index in [1.165, 1.54) is 18.0 Å². The van der Waals surface area contributed by atoms with Crippen LogP contribution < -0.4 is 0 Å². The van der Waals surface area contributed by atoms with Crippen LogP contribution in [0.1, 0.15) is 28.5 Å². The number of aryl methyl sites for hydroxylation is 2. The summed E-state index contributed by atoms with van der Waals surface area (Å²) in [6.45, 7) is 3.56. The van der Waals surface area contributed by atoms with Crippen LogP contribution in [0.2, 0.25) is 0 Å². The summed E-state index contributed by atoms with van der Waals surface area (Å²) < 4.78 is 1.65. The summed E-state index contributed by atoms with van der Waals surface area (Å²) in [5.41, 5.74) is 2.66. The number of carboxylic acid groups (broad SMARTS) is 1. The molecule has 0 saturated heterocycles. The molecule has 0 aliphatic carbocycles. The molecule has 1 unspecified atom stereocenters. The third-order valence-electron chi connectivity index (χ3n) is 4.39. The van der Waals surface area contributed by atoms with Crippen LogP contribution in [0.3, 0.4) is 0 Å². The normalized spacial score (nSPS) is 12.1. The molecule has 26 heavy (non-hydrogen) atoms. The molecule has 0 saturated carbocycles. The van der Waals surface area contributed by atoms with Crippen LogP contribution in [0.5, 0.6) is 0 Å². The van der Waals surface area contributed by atoms with Gasteiger partial charge in [-0.15, -0.1) is 0 Å². The monoisotopic (exact) mass is 352 g/mol. The Morgan fingerprint density at radius 1 is 1.27 bits per heavy atom. The Balaban J connectivity index is 1.99. The first-order valence-electron chi connectivity index (χ1n) is 8.25. The highest BCUT2D eigenvalue weighted by Gasteiger charge is 2.27. The van der Waals surface area contributed by atoms with Crippen molar-refractivity contribution in [2.45, 2.75) is 26.4 Å². The Kier molecular flexibility index (Phi) is 4.71. The van der Waals surface area contributed by atoms with Crippen LogP contribution in [0.4, 0.5) is 0 Å². The van der Waals surface area contributed by atoms with E-state index in [0.29, 0.717) is 11.2 Å². The topological polar surface area (TPSA) is 88.3 Å². The second-order valence-corrected chi connectivity index (χ2v) is 6.24. The third kappa shape index (κ3) is 3.28. The minimum Gasteiger partial charge on any atom is -0.480 e. The average Bonchev–Trinajstić information content (AvgIpc) is 2.93. The second-order valence-electron chi connectivity index (χ2n) is 6.24. The first-order chi connectivity index (χ1) is 12.4. The summed E-state index contributed by atoms with van der Waals surface area (Å²) >= 11 is 0. The van der Waals surface area contributed by atoms with E-state index in [1.54, 1.807) is 17.8 Å². The quantitative estimate of drug-likeness (QED) is 0.762. The number of fused-ring (bicyclic) bond motifs is 1. The maximum absolute atomic E-state index is 13.1. The molecule has 0 fully saturated rings. The number of pyridine rings is 1. The smallest absolute Gasteiger partial charge is 0.326 e. The van der Waals surface area contributed by atoms with E-state index in [0.717, 1.165) is 16.6 Å². The molecule has 134 valence electrons. The minimum atomic E-state index is -1.05. The van der Waals surface area contributed by atoms with Gasteiger partial charge in [0.15, 0.2) is 5.65 Å². The summed E-state index contributed by atoms with van der Waals surface area (Å²) in [5.74, 6) is -1.43. The van der Waals surface area contributed by atoms with E-state index in [9.17, 15) is 14.7 Å². The summed E-state index contributed by atoms with van der Waals surface area (Å²) in [7, 11) is 1.79. The Morgan fingerprint density at radius 2 is 1.96 bits per heavy atom. The van der Waals surface area contributed by atoms with Crippen molar-refractivity contribution in [2.24, 2.45) is 7.05 Å². The van der Waals surface area contributed by atoms with Crippen molar-refractivity contribution in [3.05, 3.63) is 59.4 Å².